The molecule has 0 spiro atoms. The monoisotopic (exact) mass is 480 g/mol. The van der Waals surface area contributed by atoms with Gasteiger partial charge in [-0.2, -0.15) is 0 Å². The summed E-state index contributed by atoms with van der Waals surface area (Å²) >= 11 is 1.96. The molecular formula is C33H36OS. The number of rotatable bonds is 12. The first-order valence-corrected chi connectivity index (χ1v) is 13.7. The first-order valence-electron chi connectivity index (χ1n) is 12.7. The Kier molecular flexibility index (Phi) is 9.22. The Hall–Kier alpha value is -2.81. The molecule has 0 radical (unpaired) electrons. The molecule has 180 valence electrons. The summed E-state index contributed by atoms with van der Waals surface area (Å²) in [5.41, 5.74) is 2.87. The second-order valence-corrected chi connectivity index (χ2v) is 10.6. The Bertz CT molecular complexity index is 1020. The average Bonchev–Trinajstić information content (AvgIpc) is 2.92. The molecule has 0 saturated heterocycles. The van der Waals surface area contributed by atoms with Gasteiger partial charge in [0.25, 0.3) is 0 Å². The second-order valence-electron chi connectivity index (χ2n) is 9.49. The van der Waals surface area contributed by atoms with Crippen LogP contribution in [0.15, 0.2) is 126 Å². The van der Waals surface area contributed by atoms with Crippen LogP contribution in [0.2, 0.25) is 0 Å². The average molecular weight is 481 g/mol. The van der Waals surface area contributed by atoms with E-state index in [1.54, 1.807) is 0 Å². The Morgan fingerprint density at radius 1 is 0.600 bits per heavy atom. The van der Waals surface area contributed by atoms with Gasteiger partial charge in [0, 0.05) is 17.3 Å². The van der Waals surface area contributed by atoms with E-state index in [0.717, 1.165) is 28.9 Å². The third-order valence-electron chi connectivity index (χ3n) is 6.55. The molecule has 2 atom stereocenters. The minimum Gasteiger partial charge on any atom is -0.361 e. The number of thioether (sulfide) groups is 1. The van der Waals surface area contributed by atoms with Crippen LogP contribution in [0.5, 0.6) is 0 Å². The van der Waals surface area contributed by atoms with Crippen molar-refractivity contribution < 1.29 is 4.74 Å². The van der Waals surface area contributed by atoms with Crippen LogP contribution in [0.4, 0.5) is 0 Å². The summed E-state index contributed by atoms with van der Waals surface area (Å²) in [7, 11) is 0. The third-order valence-corrected chi connectivity index (χ3v) is 7.89. The highest BCUT2D eigenvalue weighted by atomic mass is 32.2. The normalized spacial score (nSPS) is 13.3. The van der Waals surface area contributed by atoms with E-state index in [9.17, 15) is 0 Å². The first kappa shape index (κ1) is 25.3. The lowest BCUT2D eigenvalue weighted by Gasteiger charge is -2.36. The maximum Gasteiger partial charge on any atom is 0.143 e. The molecule has 1 nitrogen and oxygen atoms in total. The minimum atomic E-state index is -0.627. The van der Waals surface area contributed by atoms with Crippen molar-refractivity contribution in [2.45, 2.75) is 37.2 Å². The molecule has 4 aromatic carbocycles. The fourth-order valence-electron chi connectivity index (χ4n) is 4.81. The fraction of sp³-hybridized carbons (Fsp3) is 0.273. The van der Waals surface area contributed by atoms with Crippen LogP contribution in [0.1, 0.15) is 43.4 Å². The number of hydrogen-bond donors (Lipinski definition) is 0. The van der Waals surface area contributed by atoms with E-state index in [2.05, 4.69) is 135 Å². The second kappa shape index (κ2) is 12.8. The lowest BCUT2D eigenvalue weighted by Crippen LogP contribution is -2.33. The molecule has 0 amide bonds. The largest absolute Gasteiger partial charge is 0.361 e. The van der Waals surface area contributed by atoms with E-state index < -0.39 is 5.60 Å². The zero-order valence-electron chi connectivity index (χ0n) is 20.8. The van der Waals surface area contributed by atoms with Crippen LogP contribution in [0, 0.1) is 11.8 Å². The summed E-state index contributed by atoms with van der Waals surface area (Å²) in [6.45, 7) is 5.44. The van der Waals surface area contributed by atoms with Gasteiger partial charge in [-0.05, 0) is 53.5 Å². The number of benzene rings is 4. The van der Waals surface area contributed by atoms with Gasteiger partial charge in [-0.25, -0.2) is 0 Å². The molecule has 0 bridgehead atoms. The summed E-state index contributed by atoms with van der Waals surface area (Å²) in [6, 6.07) is 42.7. The van der Waals surface area contributed by atoms with E-state index >= 15 is 0 Å². The highest BCUT2D eigenvalue weighted by Crippen LogP contribution is 2.40. The first-order chi connectivity index (χ1) is 17.2. The zero-order valence-corrected chi connectivity index (χ0v) is 21.7. The molecule has 2 heteroatoms. The van der Waals surface area contributed by atoms with Crippen molar-refractivity contribution in [1.82, 2.24) is 0 Å². The van der Waals surface area contributed by atoms with Gasteiger partial charge < -0.3 is 4.74 Å². The molecule has 4 aromatic rings. The maximum absolute atomic E-state index is 6.96. The van der Waals surface area contributed by atoms with Crippen LogP contribution in [-0.4, -0.2) is 12.4 Å². The Morgan fingerprint density at radius 2 is 1.03 bits per heavy atom. The Labute approximate surface area is 215 Å². The summed E-state index contributed by atoms with van der Waals surface area (Å²) in [5, 5.41) is 0. The van der Waals surface area contributed by atoms with E-state index in [4.69, 9.17) is 4.74 Å². The van der Waals surface area contributed by atoms with E-state index in [0.29, 0.717) is 18.4 Å². The highest BCUT2D eigenvalue weighted by Gasteiger charge is 2.37. The molecular weight excluding hydrogens is 444 g/mol. The molecule has 0 aliphatic carbocycles. The van der Waals surface area contributed by atoms with Gasteiger partial charge in [0.05, 0.1) is 0 Å². The Balaban J connectivity index is 1.47. The quantitative estimate of drug-likeness (QED) is 0.148. The van der Waals surface area contributed by atoms with Crippen molar-refractivity contribution in [3.8, 4) is 0 Å². The molecule has 4 rings (SSSR count). The molecule has 0 saturated carbocycles. The number of ether oxygens (including phenoxy) is 1. The van der Waals surface area contributed by atoms with Crippen LogP contribution in [0.3, 0.4) is 0 Å². The molecule has 0 fully saturated rings. The van der Waals surface area contributed by atoms with Gasteiger partial charge in [0.15, 0.2) is 0 Å². The summed E-state index contributed by atoms with van der Waals surface area (Å²) in [6.07, 6.45) is 2.24. The zero-order chi connectivity index (χ0) is 24.3. The molecule has 0 aliphatic rings. The molecule has 0 N–H and O–H groups in total. The predicted octanol–water partition coefficient (Wildman–Crippen LogP) is 8.84. The van der Waals surface area contributed by atoms with Gasteiger partial charge in [0.2, 0.25) is 0 Å². The summed E-state index contributed by atoms with van der Waals surface area (Å²) < 4.78 is 6.96. The predicted molar refractivity (Wildman–Crippen MR) is 150 cm³/mol. The molecule has 0 aliphatic heterocycles. The summed E-state index contributed by atoms with van der Waals surface area (Å²) in [5.74, 6) is 2.41. The van der Waals surface area contributed by atoms with E-state index in [-0.39, 0.29) is 0 Å². The highest BCUT2D eigenvalue weighted by molar-refractivity contribution is 7.99. The lowest BCUT2D eigenvalue weighted by molar-refractivity contribution is 0.00556. The van der Waals surface area contributed by atoms with Crippen LogP contribution >= 0.6 is 11.8 Å². The van der Waals surface area contributed by atoms with Crippen LogP contribution < -0.4 is 0 Å². The van der Waals surface area contributed by atoms with Crippen molar-refractivity contribution in [1.29, 1.82) is 0 Å². The minimum absolute atomic E-state index is 0.599. The molecule has 0 unspecified atom stereocenters. The Morgan fingerprint density at radius 3 is 1.49 bits per heavy atom. The topological polar surface area (TPSA) is 9.23 Å². The maximum atomic E-state index is 6.96. The van der Waals surface area contributed by atoms with Gasteiger partial charge in [-0.1, -0.05) is 123 Å². The smallest absolute Gasteiger partial charge is 0.143 e. The van der Waals surface area contributed by atoms with Crippen LogP contribution in [-0.2, 0) is 10.3 Å². The van der Waals surface area contributed by atoms with Crippen LogP contribution in [0.25, 0.3) is 0 Å². The van der Waals surface area contributed by atoms with Crippen molar-refractivity contribution >= 4 is 11.8 Å². The molecule has 0 heterocycles. The van der Waals surface area contributed by atoms with E-state index in [1.807, 2.05) is 11.8 Å². The van der Waals surface area contributed by atoms with Crippen molar-refractivity contribution in [2.24, 2.45) is 11.8 Å². The van der Waals surface area contributed by atoms with Gasteiger partial charge in [0.1, 0.15) is 5.60 Å². The van der Waals surface area contributed by atoms with Gasteiger partial charge in [-0.15, -0.1) is 11.8 Å². The van der Waals surface area contributed by atoms with E-state index in [1.165, 1.54) is 11.3 Å². The summed E-state index contributed by atoms with van der Waals surface area (Å²) in [4.78, 5) is 1.36. The van der Waals surface area contributed by atoms with Crippen molar-refractivity contribution in [3.63, 3.8) is 0 Å². The SMILES string of the molecule is C[C@H](CCOC(c1ccccc1)(c1ccccc1)c1ccccc1)C[C@@H](C)CSc1ccccc1. The van der Waals surface area contributed by atoms with Crippen molar-refractivity contribution in [2.75, 3.05) is 12.4 Å². The standard InChI is InChI=1S/C33H36OS/c1-27(25-28(2)26-35-32-21-13-6-14-22-32)23-24-34-33(29-15-7-3-8-16-29,30-17-9-4-10-18-30)31-19-11-5-12-20-31/h3-22,27-28H,23-26H2,1-2H3/t27-,28-/m1/s1. The fourth-order valence-corrected chi connectivity index (χ4v) is 5.77. The molecule has 35 heavy (non-hydrogen) atoms. The number of hydrogen-bond acceptors (Lipinski definition) is 2. The molecule has 0 aromatic heterocycles. The van der Waals surface area contributed by atoms with Crippen molar-refractivity contribution in [3.05, 3.63) is 138 Å². The van der Waals surface area contributed by atoms with Gasteiger partial charge in [-0.3, -0.25) is 0 Å². The lowest BCUT2D eigenvalue weighted by atomic mass is 9.80. The third kappa shape index (κ3) is 6.66. The van der Waals surface area contributed by atoms with Gasteiger partial charge >= 0.3 is 0 Å².